The summed E-state index contributed by atoms with van der Waals surface area (Å²) in [6, 6.07) is 1.70. The Morgan fingerprint density at radius 3 is 2.56 bits per heavy atom. The van der Waals surface area contributed by atoms with Gasteiger partial charge in [-0.15, -0.1) is 0 Å². The number of nitrogens with two attached hydrogens (primary N) is 1. The molecule has 1 aliphatic carbocycles. The zero-order chi connectivity index (χ0) is 13.0. The first-order valence-corrected chi connectivity index (χ1v) is 7.61. The van der Waals surface area contributed by atoms with E-state index in [4.69, 9.17) is 14.9 Å². The van der Waals surface area contributed by atoms with Crippen molar-refractivity contribution in [3.63, 3.8) is 0 Å². The number of halogens is 1. The fraction of sp³-hybridized carbons (Fsp3) is 0.714. The molecule has 0 bridgehead atoms. The molecule has 1 saturated carbocycles. The summed E-state index contributed by atoms with van der Waals surface area (Å²) in [5.41, 5.74) is 6.20. The Bertz CT molecular complexity index is 370. The predicted molar refractivity (Wildman–Crippen MR) is 75.4 cm³/mol. The van der Waals surface area contributed by atoms with E-state index in [0.717, 1.165) is 23.1 Å². The molecule has 1 aromatic heterocycles. The van der Waals surface area contributed by atoms with E-state index < -0.39 is 0 Å². The summed E-state index contributed by atoms with van der Waals surface area (Å²) >= 11 is 3.50. The predicted octanol–water partition coefficient (Wildman–Crippen LogP) is 4.17. The lowest BCUT2D eigenvalue weighted by molar-refractivity contribution is -0.0736. The molecule has 18 heavy (non-hydrogen) atoms. The van der Waals surface area contributed by atoms with E-state index >= 15 is 0 Å². The van der Waals surface area contributed by atoms with Crippen LogP contribution in [0.25, 0.3) is 0 Å². The first-order valence-electron chi connectivity index (χ1n) is 6.82. The Hall–Kier alpha value is -0.320. The lowest BCUT2D eigenvalue weighted by atomic mass is 9.85. The molecule has 2 rings (SSSR count). The second kappa shape index (κ2) is 6.22. The molecule has 1 atom stereocenters. The van der Waals surface area contributed by atoms with Gasteiger partial charge in [0.2, 0.25) is 0 Å². The minimum absolute atomic E-state index is 0.195. The maximum absolute atomic E-state index is 6.46. The molecule has 0 saturated heterocycles. The van der Waals surface area contributed by atoms with Crippen LogP contribution in [0.4, 0.5) is 0 Å². The molecule has 1 fully saturated rings. The van der Waals surface area contributed by atoms with Crippen molar-refractivity contribution < 1.29 is 9.15 Å². The van der Waals surface area contributed by atoms with Gasteiger partial charge >= 0.3 is 0 Å². The van der Waals surface area contributed by atoms with Gasteiger partial charge < -0.3 is 14.9 Å². The van der Waals surface area contributed by atoms with Crippen molar-refractivity contribution in [3.8, 4) is 0 Å². The summed E-state index contributed by atoms with van der Waals surface area (Å²) in [5.74, 6) is 0.811. The van der Waals surface area contributed by atoms with Gasteiger partial charge in [0, 0.05) is 6.61 Å². The number of ether oxygens (including phenoxy) is 1. The minimum atomic E-state index is -0.258. The summed E-state index contributed by atoms with van der Waals surface area (Å²) in [6.07, 6.45) is 8.65. The Kier molecular flexibility index (Phi) is 4.87. The molecule has 0 spiro atoms. The molecule has 102 valence electrons. The summed E-state index contributed by atoms with van der Waals surface area (Å²) in [5, 5.41) is 0. The van der Waals surface area contributed by atoms with E-state index in [2.05, 4.69) is 15.9 Å². The third-order valence-corrected chi connectivity index (χ3v) is 4.53. The van der Waals surface area contributed by atoms with Crippen molar-refractivity contribution in [2.24, 2.45) is 5.73 Å². The highest BCUT2D eigenvalue weighted by molar-refractivity contribution is 9.10. The fourth-order valence-electron chi connectivity index (χ4n) is 2.93. The monoisotopic (exact) mass is 315 g/mol. The van der Waals surface area contributed by atoms with Crippen LogP contribution in [0.5, 0.6) is 0 Å². The van der Waals surface area contributed by atoms with E-state index in [-0.39, 0.29) is 11.6 Å². The Morgan fingerprint density at radius 2 is 2.06 bits per heavy atom. The first kappa shape index (κ1) is 14.1. The largest absolute Gasteiger partial charge is 0.466 e. The van der Waals surface area contributed by atoms with Crippen LogP contribution in [0.1, 0.15) is 57.3 Å². The van der Waals surface area contributed by atoms with Gasteiger partial charge in [0.05, 0.1) is 22.4 Å². The normalized spacial score (nSPS) is 21.5. The zero-order valence-electron chi connectivity index (χ0n) is 11.0. The standard InChI is InChI=1S/C14H22BrNO2/c1-2-18-14(8-5-3-4-6-9-14)13(16)12-11(15)7-10-17-12/h7,10,13H,2-6,8-9,16H2,1H3. The van der Waals surface area contributed by atoms with Gasteiger partial charge in [0.1, 0.15) is 5.76 Å². The summed E-state index contributed by atoms with van der Waals surface area (Å²) < 4.78 is 12.6. The number of rotatable bonds is 4. The van der Waals surface area contributed by atoms with Gasteiger partial charge in [0.15, 0.2) is 0 Å². The molecule has 0 aromatic carbocycles. The molecule has 3 nitrogen and oxygen atoms in total. The molecule has 1 unspecified atom stereocenters. The minimum Gasteiger partial charge on any atom is -0.466 e. The number of hydrogen-bond donors (Lipinski definition) is 1. The molecule has 0 amide bonds. The first-order chi connectivity index (χ1) is 8.69. The Labute approximate surface area is 117 Å². The van der Waals surface area contributed by atoms with E-state index in [0.29, 0.717) is 6.61 Å². The third-order valence-electron chi connectivity index (χ3n) is 3.88. The second-order valence-corrected chi connectivity index (χ2v) is 5.88. The molecular weight excluding hydrogens is 294 g/mol. The summed E-state index contributed by atoms with van der Waals surface area (Å²) in [6.45, 7) is 2.74. The quantitative estimate of drug-likeness (QED) is 0.848. The molecule has 1 heterocycles. The van der Waals surface area contributed by atoms with Crippen LogP contribution < -0.4 is 5.73 Å². The third kappa shape index (κ3) is 2.81. The van der Waals surface area contributed by atoms with Gasteiger partial charge in [-0.3, -0.25) is 0 Å². The van der Waals surface area contributed by atoms with Crippen molar-refractivity contribution in [3.05, 3.63) is 22.6 Å². The zero-order valence-corrected chi connectivity index (χ0v) is 12.5. The highest BCUT2D eigenvalue weighted by atomic mass is 79.9. The van der Waals surface area contributed by atoms with Crippen LogP contribution in [0.2, 0.25) is 0 Å². The molecule has 1 aliphatic rings. The SMILES string of the molecule is CCOC1(C(N)c2occc2Br)CCCCCC1. The van der Waals surface area contributed by atoms with Crippen LogP contribution in [-0.2, 0) is 4.74 Å². The van der Waals surface area contributed by atoms with Crippen LogP contribution in [0, 0.1) is 0 Å². The summed E-state index contributed by atoms with van der Waals surface area (Å²) in [4.78, 5) is 0. The molecule has 0 aliphatic heterocycles. The maximum atomic E-state index is 6.46. The Morgan fingerprint density at radius 1 is 1.39 bits per heavy atom. The van der Waals surface area contributed by atoms with Crippen molar-refractivity contribution >= 4 is 15.9 Å². The highest BCUT2D eigenvalue weighted by Crippen LogP contribution is 2.41. The number of hydrogen-bond acceptors (Lipinski definition) is 3. The lowest BCUT2D eigenvalue weighted by Gasteiger charge is -2.37. The van der Waals surface area contributed by atoms with Crippen molar-refractivity contribution in [1.82, 2.24) is 0 Å². The average Bonchev–Trinajstić information content (AvgIpc) is 2.64. The molecular formula is C14H22BrNO2. The van der Waals surface area contributed by atoms with Crippen LogP contribution >= 0.6 is 15.9 Å². The van der Waals surface area contributed by atoms with E-state index in [1.807, 2.05) is 13.0 Å². The van der Waals surface area contributed by atoms with Crippen LogP contribution in [0.15, 0.2) is 21.2 Å². The summed E-state index contributed by atoms with van der Waals surface area (Å²) in [7, 11) is 0. The molecule has 1 aromatic rings. The lowest BCUT2D eigenvalue weighted by Crippen LogP contribution is -2.43. The molecule has 0 radical (unpaired) electrons. The fourth-order valence-corrected chi connectivity index (χ4v) is 3.37. The van der Waals surface area contributed by atoms with Gasteiger partial charge in [-0.1, -0.05) is 25.7 Å². The van der Waals surface area contributed by atoms with Gasteiger partial charge in [-0.2, -0.15) is 0 Å². The van der Waals surface area contributed by atoms with Crippen LogP contribution in [-0.4, -0.2) is 12.2 Å². The van der Waals surface area contributed by atoms with Crippen LogP contribution in [0.3, 0.4) is 0 Å². The van der Waals surface area contributed by atoms with E-state index in [9.17, 15) is 0 Å². The van der Waals surface area contributed by atoms with Gasteiger partial charge in [0.25, 0.3) is 0 Å². The van der Waals surface area contributed by atoms with Gasteiger partial charge in [-0.25, -0.2) is 0 Å². The molecule has 2 N–H and O–H groups in total. The average molecular weight is 316 g/mol. The van der Waals surface area contributed by atoms with Crippen molar-refractivity contribution in [2.75, 3.05) is 6.61 Å². The van der Waals surface area contributed by atoms with E-state index in [1.165, 1.54) is 25.7 Å². The van der Waals surface area contributed by atoms with E-state index in [1.54, 1.807) is 6.26 Å². The van der Waals surface area contributed by atoms with Crippen molar-refractivity contribution in [1.29, 1.82) is 0 Å². The molecule has 4 heteroatoms. The van der Waals surface area contributed by atoms with Crippen molar-refractivity contribution in [2.45, 2.75) is 57.1 Å². The van der Waals surface area contributed by atoms with Gasteiger partial charge in [-0.05, 0) is 41.8 Å². The smallest absolute Gasteiger partial charge is 0.137 e. The maximum Gasteiger partial charge on any atom is 0.137 e. The Balaban J connectivity index is 2.25. The topological polar surface area (TPSA) is 48.4 Å². The second-order valence-electron chi connectivity index (χ2n) is 5.02. The number of furan rings is 1. The highest BCUT2D eigenvalue weighted by Gasteiger charge is 2.40.